The first-order valence-electron chi connectivity index (χ1n) is 6.44. The minimum Gasteiger partial charge on any atom is -0.478 e. The molecule has 3 rings (SSSR count). The number of halogens is 1. The van der Waals surface area contributed by atoms with Crippen LogP contribution in [0.1, 0.15) is 12.5 Å². The molecular weight excluding hydrogens is 365 g/mol. The van der Waals surface area contributed by atoms with Crippen LogP contribution < -0.4 is 4.74 Å². The number of hydrogen-bond donors (Lipinski definition) is 1. The van der Waals surface area contributed by atoms with E-state index in [0.29, 0.717) is 18.1 Å². The van der Waals surface area contributed by atoms with Gasteiger partial charge in [0.2, 0.25) is 5.88 Å². The summed E-state index contributed by atoms with van der Waals surface area (Å²) in [6.07, 6.45) is 0. The lowest BCUT2D eigenvalue weighted by Gasteiger charge is -2.03. The van der Waals surface area contributed by atoms with Crippen LogP contribution in [-0.4, -0.2) is 21.6 Å². The van der Waals surface area contributed by atoms with E-state index in [0.717, 1.165) is 16.9 Å². The molecule has 0 aliphatic heterocycles. The molecule has 0 saturated carbocycles. The Bertz CT molecular complexity index is 767. The normalized spacial score (nSPS) is 10.9. The summed E-state index contributed by atoms with van der Waals surface area (Å²) in [5.74, 6) is 1.45. The number of ether oxygens (including phenoxy) is 1. The molecule has 0 unspecified atom stereocenters. The maximum Gasteiger partial charge on any atom is 0.215 e. The van der Waals surface area contributed by atoms with Gasteiger partial charge >= 0.3 is 0 Å². The highest BCUT2D eigenvalue weighted by atomic mass is 127. The summed E-state index contributed by atoms with van der Waals surface area (Å²) in [5.41, 5.74) is 3.94. The summed E-state index contributed by atoms with van der Waals surface area (Å²) in [6, 6.07) is 10.0. The molecule has 2 heterocycles. The SMILES string of the molecule is CCOc1ccc2[nH]c(-c3cccc(C)c3I)nc2n1. The highest BCUT2D eigenvalue weighted by Crippen LogP contribution is 2.27. The highest BCUT2D eigenvalue weighted by molar-refractivity contribution is 14.1. The fourth-order valence-electron chi connectivity index (χ4n) is 2.06. The molecule has 1 aromatic carbocycles. The minimum atomic E-state index is 0.603. The zero-order valence-corrected chi connectivity index (χ0v) is 13.4. The van der Waals surface area contributed by atoms with Crippen molar-refractivity contribution in [1.29, 1.82) is 0 Å². The molecule has 0 amide bonds. The van der Waals surface area contributed by atoms with Crippen LogP contribution in [0, 0.1) is 10.5 Å². The Balaban J connectivity index is 2.10. The molecule has 0 radical (unpaired) electrons. The van der Waals surface area contributed by atoms with Gasteiger partial charge in [-0.2, -0.15) is 4.98 Å². The van der Waals surface area contributed by atoms with Crippen molar-refractivity contribution >= 4 is 33.8 Å². The summed E-state index contributed by atoms with van der Waals surface area (Å²) in [6.45, 7) is 4.64. The lowest BCUT2D eigenvalue weighted by atomic mass is 10.1. The zero-order valence-electron chi connectivity index (χ0n) is 11.3. The van der Waals surface area contributed by atoms with E-state index in [2.05, 4.69) is 56.6 Å². The molecule has 5 heteroatoms. The van der Waals surface area contributed by atoms with E-state index >= 15 is 0 Å². The lowest BCUT2D eigenvalue weighted by molar-refractivity contribution is 0.328. The Kier molecular flexibility index (Phi) is 3.60. The van der Waals surface area contributed by atoms with Crippen LogP contribution in [0.3, 0.4) is 0 Å². The van der Waals surface area contributed by atoms with Gasteiger partial charge < -0.3 is 9.72 Å². The molecule has 4 nitrogen and oxygen atoms in total. The highest BCUT2D eigenvalue weighted by Gasteiger charge is 2.11. The van der Waals surface area contributed by atoms with Gasteiger partial charge in [0.1, 0.15) is 5.82 Å². The molecule has 0 spiro atoms. The Hall–Kier alpha value is -1.63. The third-order valence-electron chi connectivity index (χ3n) is 3.06. The van der Waals surface area contributed by atoms with E-state index in [-0.39, 0.29) is 0 Å². The van der Waals surface area contributed by atoms with Crippen molar-refractivity contribution in [3.8, 4) is 17.3 Å². The predicted molar refractivity (Wildman–Crippen MR) is 87.9 cm³/mol. The van der Waals surface area contributed by atoms with Crippen molar-refractivity contribution in [2.75, 3.05) is 6.61 Å². The van der Waals surface area contributed by atoms with Crippen LogP contribution >= 0.6 is 22.6 Å². The Morgan fingerprint density at radius 2 is 2.05 bits per heavy atom. The Morgan fingerprint density at radius 3 is 2.85 bits per heavy atom. The molecule has 0 bridgehead atoms. The van der Waals surface area contributed by atoms with Crippen molar-refractivity contribution in [2.45, 2.75) is 13.8 Å². The number of fused-ring (bicyclic) bond motifs is 1. The molecule has 0 atom stereocenters. The van der Waals surface area contributed by atoms with Crippen LogP contribution in [0.4, 0.5) is 0 Å². The molecule has 2 aromatic heterocycles. The summed E-state index contributed by atoms with van der Waals surface area (Å²) in [4.78, 5) is 12.3. The number of hydrogen-bond acceptors (Lipinski definition) is 3. The third kappa shape index (κ3) is 2.37. The third-order valence-corrected chi connectivity index (χ3v) is 4.49. The molecule has 0 aliphatic rings. The standard InChI is InChI=1S/C15H14IN3O/c1-3-20-12-8-7-11-15(18-12)19-14(17-11)10-6-4-5-9(2)13(10)16/h4-8H,3H2,1-2H3,(H,17,18,19). The molecule has 1 N–H and O–H groups in total. The number of imidazole rings is 1. The van der Waals surface area contributed by atoms with Crippen LogP contribution in [0.15, 0.2) is 30.3 Å². The second kappa shape index (κ2) is 5.40. The Labute approximate surface area is 130 Å². The number of benzene rings is 1. The van der Waals surface area contributed by atoms with E-state index in [1.807, 2.05) is 25.1 Å². The van der Waals surface area contributed by atoms with Crippen molar-refractivity contribution in [1.82, 2.24) is 15.0 Å². The maximum atomic E-state index is 5.41. The number of rotatable bonds is 3. The van der Waals surface area contributed by atoms with Crippen molar-refractivity contribution in [3.05, 3.63) is 39.5 Å². The predicted octanol–water partition coefficient (Wildman–Crippen LogP) is 3.94. The number of nitrogens with one attached hydrogen (secondary N) is 1. The van der Waals surface area contributed by atoms with Gasteiger partial charge in [-0.25, -0.2) is 4.98 Å². The summed E-state index contributed by atoms with van der Waals surface area (Å²) in [7, 11) is 0. The minimum absolute atomic E-state index is 0.603. The van der Waals surface area contributed by atoms with Gasteiger partial charge in [0.15, 0.2) is 5.65 Å². The van der Waals surface area contributed by atoms with E-state index in [1.54, 1.807) is 0 Å². The maximum absolute atomic E-state index is 5.41. The molecule has 0 saturated heterocycles. The van der Waals surface area contributed by atoms with E-state index in [4.69, 9.17) is 4.74 Å². The topological polar surface area (TPSA) is 50.8 Å². The van der Waals surface area contributed by atoms with Gasteiger partial charge in [-0.05, 0) is 48.1 Å². The quantitative estimate of drug-likeness (QED) is 0.702. The van der Waals surface area contributed by atoms with Crippen molar-refractivity contribution in [2.24, 2.45) is 0 Å². The summed E-state index contributed by atoms with van der Waals surface area (Å²) >= 11 is 2.35. The molecule has 0 fully saturated rings. The number of aryl methyl sites for hydroxylation is 1. The fourth-order valence-corrected chi connectivity index (χ4v) is 2.68. The van der Waals surface area contributed by atoms with Gasteiger partial charge in [-0.1, -0.05) is 18.2 Å². The second-order valence-electron chi connectivity index (χ2n) is 4.48. The van der Waals surface area contributed by atoms with Gasteiger partial charge in [-0.15, -0.1) is 0 Å². The number of pyridine rings is 1. The molecule has 0 aliphatic carbocycles. The van der Waals surface area contributed by atoms with Crippen LogP contribution in [0.25, 0.3) is 22.6 Å². The Morgan fingerprint density at radius 1 is 1.20 bits per heavy atom. The molecule has 20 heavy (non-hydrogen) atoms. The largest absolute Gasteiger partial charge is 0.478 e. The lowest BCUT2D eigenvalue weighted by Crippen LogP contribution is -1.93. The van der Waals surface area contributed by atoms with Gasteiger partial charge in [0, 0.05) is 15.2 Å². The number of H-pyrrole nitrogens is 1. The summed E-state index contributed by atoms with van der Waals surface area (Å²) < 4.78 is 6.61. The molecule has 3 aromatic rings. The first kappa shape index (κ1) is 13.4. The molecular formula is C15H14IN3O. The van der Waals surface area contributed by atoms with Gasteiger partial charge in [0.05, 0.1) is 12.1 Å². The smallest absolute Gasteiger partial charge is 0.215 e. The average Bonchev–Trinajstić information content (AvgIpc) is 2.85. The molecule has 102 valence electrons. The summed E-state index contributed by atoms with van der Waals surface area (Å²) in [5, 5.41) is 0. The van der Waals surface area contributed by atoms with E-state index < -0.39 is 0 Å². The zero-order chi connectivity index (χ0) is 14.1. The number of nitrogens with zero attached hydrogens (tertiary/aromatic N) is 2. The van der Waals surface area contributed by atoms with Gasteiger partial charge in [0.25, 0.3) is 0 Å². The van der Waals surface area contributed by atoms with E-state index in [9.17, 15) is 0 Å². The number of aromatic nitrogens is 3. The monoisotopic (exact) mass is 379 g/mol. The average molecular weight is 379 g/mol. The first-order valence-corrected chi connectivity index (χ1v) is 7.52. The van der Waals surface area contributed by atoms with Crippen molar-refractivity contribution < 1.29 is 4.74 Å². The van der Waals surface area contributed by atoms with Gasteiger partial charge in [-0.3, -0.25) is 0 Å². The van der Waals surface area contributed by atoms with Crippen molar-refractivity contribution in [3.63, 3.8) is 0 Å². The van der Waals surface area contributed by atoms with Crippen LogP contribution in [0.5, 0.6) is 5.88 Å². The fraction of sp³-hybridized carbons (Fsp3) is 0.200. The second-order valence-corrected chi connectivity index (χ2v) is 5.55. The first-order chi connectivity index (χ1) is 9.69. The number of aromatic amines is 1. The van der Waals surface area contributed by atoms with Crippen LogP contribution in [-0.2, 0) is 0 Å². The van der Waals surface area contributed by atoms with E-state index in [1.165, 1.54) is 9.13 Å². The van der Waals surface area contributed by atoms with Crippen LogP contribution in [0.2, 0.25) is 0 Å².